The maximum Gasteiger partial charge on any atom is 0.229 e. The zero-order valence-corrected chi connectivity index (χ0v) is 11.5. The van der Waals surface area contributed by atoms with E-state index in [2.05, 4.69) is 4.98 Å². The number of halogens is 1. The van der Waals surface area contributed by atoms with Crippen LogP contribution in [0, 0.1) is 17.2 Å². The van der Waals surface area contributed by atoms with Gasteiger partial charge >= 0.3 is 0 Å². The lowest BCUT2D eigenvalue weighted by Gasteiger charge is -2.63. The Morgan fingerprint density at radius 1 is 1.45 bits per heavy atom. The molecule has 1 amide bonds. The van der Waals surface area contributed by atoms with Crippen LogP contribution in [0.4, 0.5) is 4.39 Å². The van der Waals surface area contributed by atoms with Crippen molar-refractivity contribution in [2.24, 2.45) is 11.3 Å². The molecule has 3 aliphatic rings. The third kappa shape index (κ3) is 1.77. The molecule has 3 fully saturated rings. The Bertz CT molecular complexity index is 551. The van der Waals surface area contributed by atoms with Crippen LogP contribution in [0.5, 0.6) is 0 Å². The summed E-state index contributed by atoms with van der Waals surface area (Å²) in [5.41, 5.74) is 0.709. The first kappa shape index (κ1) is 12.3. The van der Waals surface area contributed by atoms with Crippen molar-refractivity contribution in [3.05, 3.63) is 29.8 Å². The van der Waals surface area contributed by atoms with Crippen molar-refractivity contribution in [2.45, 2.75) is 44.6 Å². The highest BCUT2D eigenvalue weighted by Crippen LogP contribution is 2.59. The van der Waals surface area contributed by atoms with Crippen LogP contribution in [0.1, 0.15) is 37.8 Å². The Kier molecular flexibility index (Phi) is 2.63. The van der Waals surface area contributed by atoms with E-state index in [-0.39, 0.29) is 23.8 Å². The Morgan fingerprint density at radius 3 is 2.85 bits per heavy atom. The van der Waals surface area contributed by atoms with Gasteiger partial charge in [0.1, 0.15) is 5.82 Å². The summed E-state index contributed by atoms with van der Waals surface area (Å²) in [6.45, 7) is 0.890. The number of aromatic nitrogens is 1. The van der Waals surface area contributed by atoms with Crippen molar-refractivity contribution in [1.29, 1.82) is 0 Å². The molecule has 4 rings (SSSR count). The second-order valence-electron chi connectivity index (χ2n) is 6.63. The lowest BCUT2D eigenvalue weighted by Crippen LogP contribution is -2.70. The summed E-state index contributed by atoms with van der Waals surface area (Å²) in [5.74, 6) is 0.390. The minimum atomic E-state index is -0.372. The first-order chi connectivity index (χ1) is 9.70. The van der Waals surface area contributed by atoms with Gasteiger partial charge in [0.25, 0.3) is 0 Å². The molecular weight excluding hydrogens is 255 g/mol. The van der Waals surface area contributed by atoms with Crippen molar-refractivity contribution >= 4 is 5.91 Å². The number of likely N-dealkylation sites (tertiary alicyclic amines) is 1. The lowest BCUT2D eigenvalue weighted by atomic mass is 9.56. The molecule has 1 saturated heterocycles. The van der Waals surface area contributed by atoms with Crippen molar-refractivity contribution in [1.82, 2.24) is 9.88 Å². The van der Waals surface area contributed by atoms with Gasteiger partial charge in [0.2, 0.25) is 5.91 Å². The molecule has 0 unspecified atom stereocenters. The van der Waals surface area contributed by atoms with Gasteiger partial charge in [-0.1, -0.05) is 6.42 Å². The number of nitrogens with zero attached hydrogens (tertiary/aromatic N) is 2. The molecular formula is C16H19FN2O. The second-order valence-corrected chi connectivity index (χ2v) is 6.63. The van der Waals surface area contributed by atoms with E-state index in [9.17, 15) is 9.18 Å². The Morgan fingerprint density at radius 2 is 2.25 bits per heavy atom. The van der Waals surface area contributed by atoms with Crippen LogP contribution in [0.15, 0.2) is 18.3 Å². The van der Waals surface area contributed by atoms with Gasteiger partial charge in [-0.05, 0) is 43.7 Å². The van der Waals surface area contributed by atoms with E-state index in [1.54, 1.807) is 12.3 Å². The zero-order valence-electron chi connectivity index (χ0n) is 11.5. The van der Waals surface area contributed by atoms with Gasteiger partial charge in [0.05, 0.1) is 12.1 Å². The van der Waals surface area contributed by atoms with Gasteiger partial charge in [0.15, 0.2) is 0 Å². The van der Waals surface area contributed by atoms with E-state index in [1.165, 1.54) is 38.2 Å². The number of rotatable bonds is 3. The zero-order chi connectivity index (χ0) is 13.7. The highest BCUT2D eigenvalue weighted by Gasteiger charge is 2.61. The van der Waals surface area contributed by atoms with E-state index >= 15 is 0 Å². The predicted molar refractivity (Wildman–Crippen MR) is 72.4 cm³/mol. The number of carbonyl (C=O) groups excluding carboxylic acids is 1. The molecule has 1 spiro atoms. The summed E-state index contributed by atoms with van der Waals surface area (Å²) in [7, 11) is 0. The van der Waals surface area contributed by atoms with Crippen LogP contribution in [-0.2, 0) is 11.2 Å². The fraction of sp³-hybridized carbons (Fsp3) is 0.625. The average molecular weight is 274 g/mol. The highest BCUT2D eigenvalue weighted by molar-refractivity contribution is 5.80. The first-order valence-electron chi connectivity index (χ1n) is 7.58. The van der Waals surface area contributed by atoms with Crippen LogP contribution in [0.2, 0.25) is 0 Å². The average Bonchev–Trinajstić information content (AvgIpc) is 3.13. The maximum atomic E-state index is 13.6. The summed E-state index contributed by atoms with van der Waals surface area (Å²) in [6.07, 6.45) is 8.02. The lowest BCUT2D eigenvalue weighted by molar-refractivity contribution is -0.170. The fourth-order valence-electron chi connectivity index (χ4n) is 4.04. The quantitative estimate of drug-likeness (QED) is 0.848. The Labute approximate surface area is 118 Å². The van der Waals surface area contributed by atoms with E-state index in [1.807, 2.05) is 4.90 Å². The smallest absolute Gasteiger partial charge is 0.229 e. The molecule has 0 radical (unpaired) electrons. The SMILES string of the molecule is O=C(Cc1ncccc1F)N1CC2(CCC2)[C@@H]1C1CC1. The molecule has 2 aliphatic carbocycles. The topological polar surface area (TPSA) is 33.2 Å². The van der Waals surface area contributed by atoms with Crippen molar-refractivity contribution in [3.63, 3.8) is 0 Å². The number of hydrogen-bond acceptors (Lipinski definition) is 2. The summed E-state index contributed by atoms with van der Waals surface area (Å²) in [6, 6.07) is 3.37. The molecule has 1 atom stereocenters. The van der Waals surface area contributed by atoms with Gasteiger partial charge in [-0.15, -0.1) is 0 Å². The minimum Gasteiger partial charge on any atom is -0.338 e. The first-order valence-corrected chi connectivity index (χ1v) is 7.58. The van der Waals surface area contributed by atoms with Crippen LogP contribution >= 0.6 is 0 Å². The van der Waals surface area contributed by atoms with Gasteiger partial charge in [-0.3, -0.25) is 9.78 Å². The fourth-order valence-corrected chi connectivity index (χ4v) is 4.04. The van der Waals surface area contributed by atoms with Crippen molar-refractivity contribution < 1.29 is 9.18 Å². The molecule has 1 aliphatic heterocycles. The molecule has 4 heteroatoms. The molecule has 20 heavy (non-hydrogen) atoms. The summed E-state index contributed by atoms with van der Waals surface area (Å²) in [4.78, 5) is 18.4. The summed E-state index contributed by atoms with van der Waals surface area (Å²) < 4.78 is 13.6. The van der Waals surface area contributed by atoms with Crippen LogP contribution < -0.4 is 0 Å². The number of carbonyl (C=O) groups is 1. The van der Waals surface area contributed by atoms with Gasteiger partial charge in [0, 0.05) is 24.2 Å². The Balaban J connectivity index is 1.48. The van der Waals surface area contributed by atoms with E-state index in [4.69, 9.17) is 0 Å². The Hall–Kier alpha value is -1.45. The third-order valence-corrected chi connectivity index (χ3v) is 5.34. The van der Waals surface area contributed by atoms with Gasteiger partial charge in [-0.2, -0.15) is 0 Å². The predicted octanol–water partition coefficient (Wildman–Crippen LogP) is 2.55. The highest BCUT2D eigenvalue weighted by atomic mass is 19.1. The van der Waals surface area contributed by atoms with Crippen LogP contribution in [0.3, 0.4) is 0 Å². The van der Waals surface area contributed by atoms with E-state index < -0.39 is 0 Å². The number of hydrogen-bond donors (Lipinski definition) is 0. The number of amides is 1. The molecule has 2 saturated carbocycles. The molecule has 3 nitrogen and oxygen atoms in total. The minimum absolute atomic E-state index is 0.0528. The monoisotopic (exact) mass is 274 g/mol. The normalized spacial score (nSPS) is 27.1. The van der Waals surface area contributed by atoms with Crippen molar-refractivity contribution in [3.8, 4) is 0 Å². The summed E-state index contributed by atoms with van der Waals surface area (Å²) >= 11 is 0. The van der Waals surface area contributed by atoms with Crippen molar-refractivity contribution in [2.75, 3.05) is 6.54 Å². The number of pyridine rings is 1. The van der Waals surface area contributed by atoms with Gasteiger partial charge in [-0.25, -0.2) is 4.39 Å². The van der Waals surface area contributed by atoms with Gasteiger partial charge < -0.3 is 4.90 Å². The molecule has 2 heterocycles. The summed E-state index contributed by atoms with van der Waals surface area (Å²) in [5, 5.41) is 0. The molecule has 106 valence electrons. The molecule has 0 bridgehead atoms. The third-order valence-electron chi connectivity index (χ3n) is 5.34. The largest absolute Gasteiger partial charge is 0.338 e. The molecule has 1 aromatic heterocycles. The van der Waals surface area contributed by atoms with E-state index in [0.29, 0.717) is 17.4 Å². The molecule has 0 N–H and O–H groups in total. The van der Waals surface area contributed by atoms with Crippen LogP contribution in [0.25, 0.3) is 0 Å². The maximum absolute atomic E-state index is 13.6. The standard InChI is InChI=1S/C16H19FN2O/c17-12-3-1-8-18-13(12)9-14(20)19-10-16(6-2-7-16)15(19)11-4-5-11/h1,3,8,11,15H,2,4-7,9-10H2/t15-/m0/s1. The molecule has 0 aromatic carbocycles. The van der Waals surface area contributed by atoms with Crippen LogP contribution in [-0.4, -0.2) is 28.4 Å². The van der Waals surface area contributed by atoms with E-state index in [0.717, 1.165) is 6.54 Å². The second kappa shape index (κ2) is 4.27. The molecule has 1 aromatic rings.